The second-order valence-electron chi connectivity index (χ2n) is 5.67. The molecule has 1 amide bonds. The van der Waals surface area contributed by atoms with E-state index in [2.05, 4.69) is 15.3 Å². The van der Waals surface area contributed by atoms with E-state index in [1.165, 1.54) is 52.1 Å². The molecule has 0 radical (unpaired) electrons. The summed E-state index contributed by atoms with van der Waals surface area (Å²) in [5.41, 5.74) is 3.47. The summed E-state index contributed by atoms with van der Waals surface area (Å²) in [5.74, 6) is 2.39. The highest BCUT2D eigenvalue weighted by atomic mass is 16.5. The Bertz CT molecular complexity index is 328. The van der Waals surface area contributed by atoms with Gasteiger partial charge in [-0.05, 0) is 43.9 Å². The Labute approximate surface area is 109 Å². The molecule has 2 rings (SSSR count). The van der Waals surface area contributed by atoms with Crippen LogP contribution in [0.25, 0.3) is 0 Å². The van der Waals surface area contributed by atoms with E-state index >= 15 is 0 Å². The second kappa shape index (κ2) is 6.21. The Hall–Kier alpha value is -1.06. The first-order valence-corrected chi connectivity index (χ1v) is 7.09. The van der Waals surface area contributed by atoms with Gasteiger partial charge in [0, 0.05) is 5.71 Å². The van der Waals surface area contributed by atoms with Crippen LogP contribution in [0, 0.1) is 17.8 Å². The van der Waals surface area contributed by atoms with E-state index in [0.29, 0.717) is 5.92 Å². The molecule has 2 saturated carbocycles. The first kappa shape index (κ1) is 13.4. The second-order valence-corrected chi connectivity index (χ2v) is 5.67. The fourth-order valence-corrected chi connectivity index (χ4v) is 3.52. The molecule has 2 aliphatic carbocycles. The van der Waals surface area contributed by atoms with Gasteiger partial charge in [-0.15, -0.1) is 0 Å². The number of nitrogens with one attached hydrogen (secondary N) is 1. The number of fused-ring (bicyclic) bond motifs is 1. The number of carbonyl (C=O) groups excluding carboxylic acids is 1. The van der Waals surface area contributed by atoms with Gasteiger partial charge in [0.05, 0.1) is 7.11 Å². The van der Waals surface area contributed by atoms with Gasteiger partial charge in [0.15, 0.2) is 0 Å². The van der Waals surface area contributed by atoms with Crippen molar-refractivity contribution >= 4 is 11.8 Å². The van der Waals surface area contributed by atoms with Crippen LogP contribution in [0.4, 0.5) is 4.79 Å². The molecule has 3 atom stereocenters. The van der Waals surface area contributed by atoms with Crippen molar-refractivity contribution in [1.29, 1.82) is 0 Å². The van der Waals surface area contributed by atoms with E-state index in [1.807, 2.05) is 6.92 Å². The normalized spacial score (nSPS) is 32.6. The monoisotopic (exact) mass is 252 g/mol. The zero-order chi connectivity index (χ0) is 13.0. The highest BCUT2D eigenvalue weighted by Gasteiger charge is 2.33. The van der Waals surface area contributed by atoms with Gasteiger partial charge in [-0.1, -0.05) is 25.7 Å². The van der Waals surface area contributed by atoms with E-state index < -0.39 is 6.09 Å². The van der Waals surface area contributed by atoms with Crippen LogP contribution in [-0.2, 0) is 4.74 Å². The predicted molar refractivity (Wildman–Crippen MR) is 71.4 cm³/mol. The molecule has 0 aromatic rings. The molecule has 0 bridgehead atoms. The highest BCUT2D eigenvalue weighted by Crippen LogP contribution is 2.42. The molecular weight excluding hydrogens is 228 g/mol. The molecule has 0 aromatic carbocycles. The van der Waals surface area contributed by atoms with Crippen molar-refractivity contribution in [3.8, 4) is 0 Å². The third-order valence-electron chi connectivity index (χ3n) is 4.64. The average molecular weight is 252 g/mol. The highest BCUT2D eigenvalue weighted by molar-refractivity contribution is 5.85. The number of amides is 1. The molecule has 2 fully saturated rings. The van der Waals surface area contributed by atoms with Gasteiger partial charge in [-0.3, -0.25) is 0 Å². The summed E-state index contributed by atoms with van der Waals surface area (Å²) in [6, 6.07) is 0. The van der Waals surface area contributed by atoms with E-state index in [9.17, 15) is 4.79 Å². The first-order chi connectivity index (χ1) is 8.70. The SMILES string of the molecule is COC(=O)N/N=C(\C)C1CCC2CCCCC2C1. The number of ether oxygens (including phenoxy) is 1. The zero-order valence-electron chi connectivity index (χ0n) is 11.4. The van der Waals surface area contributed by atoms with Crippen molar-refractivity contribution in [1.82, 2.24) is 5.43 Å². The molecule has 3 unspecified atom stereocenters. The summed E-state index contributed by atoms with van der Waals surface area (Å²) in [7, 11) is 1.35. The maximum atomic E-state index is 11.0. The fourth-order valence-electron chi connectivity index (χ4n) is 3.52. The Morgan fingerprint density at radius 2 is 1.89 bits per heavy atom. The van der Waals surface area contributed by atoms with E-state index in [1.54, 1.807) is 0 Å². The Balaban J connectivity index is 1.87. The van der Waals surface area contributed by atoms with Crippen LogP contribution in [0.15, 0.2) is 5.10 Å². The molecular formula is C14H24N2O2. The standard InChI is InChI=1S/C14H24N2O2/c1-10(15-16-14(17)18-2)12-8-7-11-5-3-4-6-13(11)9-12/h11-13H,3-9H2,1-2H3,(H,16,17)/b15-10+. The molecule has 1 N–H and O–H groups in total. The molecule has 0 spiro atoms. The van der Waals surface area contributed by atoms with Crippen molar-refractivity contribution in [3.05, 3.63) is 0 Å². The van der Waals surface area contributed by atoms with Crippen molar-refractivity contribution in [2.75, 3.05) is 7.11 Å². The molecule has 0 aliphatic heterocycles. The summed E-state index contributed by atoms with van der Waals surface area (Å²) in [6.07, 6.45) is 8.95. The largest absolute Gasteiger partial charge is 0.452 e. The number of hydrogen-bond donors (Lipinski definition) is 1. The van der Waals surface area contributed by atoms with Crippen LogP contribution in [0.2, 0.25) is 0 Å². The van der Waals surface area contributed by atoms with Crippen LogP contribution in [0.1, 0.15) is 51.9 Å². The van der Waals surface area contributed by atoms with Gasteiger partial charge in [0.1, 0.15) is 0 Å². The van der Waals surface area contributed by atoms with E-state index in [-0.39, 0.29) is 0 Å². The third kappa shape index (κ3) is 3.24. The lowest BCUT2D eigenvalue weighted by Gasteiger charge is -2.39. The Morgan fingerprint density at radius 1 is 1.17 bits per heavy atom. The molecule has 102 valence electrons. The van der Waals surface area contributed by atoms with Gasteiger partial charge in [0.2, 0.25) is 0 Å². The fraction of sp³-hybridized carbons (Fsp3) is 0.857. The number of hydrogen-bond acceptors (Lipinski definition) is 3. The average Bonchev–Trinajstić information content (AvgIpc) is 2.43. The Kier molecular flexibility index (Phi) is 4.61. The number of hydrazone groups is 1. The summed E-state index contributed by atoms with van der Waals surface area (Å²) in [4.78, 5) is 11.0. The molecule has 18 heavy (non-hydrogen) atoms. The van der Waals surface area contributed by atoms with E-state index in [0.717, 1.165) is 17.5 Å². The summed E-state index contributed by atoms with van der Waals surface area (Å²) in [5, 5.41) is 4.15. The molecule has 4 heteroatoms. The van der Waals surface area contributed by atoms with E-state index in [4.69, 9.17) is 0 Å². The minimum Gasteiger partial charge on any atom is -0.452 e. The van der Waals surface area contributed by atoms with Crippen LogP contribution < -0.4 is 5.43 Å². The lowest BCUT2D eigenvalue weighted by molar-refractivity contribution is 0.152. The summed E-state index contributed by atoms with van der Waals surface area (Å²) in [6.45, 7) is 2.02. The van der Waals surface area contributed by atoms with Gasteiger partial charge < -0.3 is 4.74 Å². The summed E-state index contributed by atoms with van der Waals surface area (Å²) < 4.78 is 4.52. The molecule has 0 aromatic heterocycles. The molecule has 4 nitrogen and oxygen atoms in total. The van der Waals surface area contributed by atoms with Crippen molar-refractivity contribution < 1.29 is 9.53 Å². The van der Waals surface area contributed by atoms with Crippen LogP contribution in [-0.4, -0.2) is 18.9 Å². The van der Waals surface area contributed by atoms with Gasteiger partial charge in [-0.25, -0.2) is 10.2 Å². The van der Waals surface area contributed by atoms with Gasteiger partial charge in [0.25, 0.3) is 0 Å². The van der Waals surface area contributed by atoms with Crippen molar-refractivity contribution in [3.63, 3.8) is 0 Å². The molecule has 0 saturated heterocycles. The third-order valence-corrected chi connectivity index (χ3v) is 4.64. The van der Waals surface area contributed by atoms with Crippen LogP contribution >= 0.6 is 0 Å². The predicted octanol–water partition coefficient (Wildman–Crippen LogP) is 3.32. The van der Waals surface area contributed by atoms with Gasteiger partial charge >= 0.3 is 6.09 Å². The maximum absolute atomic E-state index is 11.0. The van der Waals surface area contributed by atoms with Crippen LogP contribution in [0.3, 0.4) is 0 Å². The van der Waals surface area contributed by atoms with Crippen molar-refractivity contribution in [2.24, 2.45) is 22.9 Å². The molecule has 2 aliphatic rings. The topological polar surface area (TPSA) is 50.7 Å². The summed E-state index contributed by atoms with van der Waals surface area (Å²) >= 11 is 0. The Morgan fingerprint density at radius 3 is 2.61 bits per heavy atom. The van der Waals surface area contributed by atoms with Crippen LogP contribution in [0.5, 0.6) is 0 Å². The van der Waals surface area contributed by atoms with Gasteiger partial charge in [-0.2, -0.15) is 5.10 Å². The van der Waals surface area contributed by atoms with Crippen molar-refractivity contribution in [2.45, 2.75) is 51.9 Å². The lowest BCUT2D eigenvalue weighted by Crippen LogP contribution is -2.31. The lowest BCUT2D eigenvalue weighted by atomic mass is 9.67. The minimum absolute atomic E-state index is 0.485. The zero-order valence-corrected chi connectivity index (χ0v) is 11.4. The number of nitrogens with zero attached hydrogens (tertiary/aromatic N) is 1. The molecule has 0 heterocycles. The number of carbonyl (C=O) groups is 1. The maximum Gasteiger partial charge on any atom is 0.427 e. The number of methoxy groups -OCH3 is 1. The first-order valence-electron chi connectivity index (χ1n) is 7.09. The quantitative estimate of drug-likeness (QED) is 0.605. The smallest absolute Gasteiger partial charge is 0.427 e. The minimum atomic E-state index is -0.485. The number of rotatable bonds is 2.